The Morgan fingerprint density at radius 2 is 0.950 bits per heavy atom. The first-order valence-corrected chi connectivity index (χ1v) is 9.50. The summed E-state index contributed by atoms with van der Waals surface area (Å²) in [5.74, 6) is 0. The van der Waals surface area contributed by atoms with Crippen molar-refractivity contribution in [2.24, 2.45) is 0 Å². The molecule has 0 amide bonds. The third kappa shape index (κ3) is 10.7. The van der Waals surface area contributed by atoms with Crippen LogP contribution in [0.15, 0.2) is 0 Å². The van der Waals surface area contributed by atoms with E-state index in [1.165, 1.54) is 96.3 Å². The van der Waals surface area contributed by atoms with E-state index in [9.17, 15) is 0 Å². The quantitative estimate of drug-likeness (QED) is 0.242. The first-order chi connectivity index (χ1) is 9.84. The molecular formula is C19H38O. The van der Waals surface area contributed by atoms with Crippen LogP contribution in [0.3, 0.4) is 0 Å². The van der Waals surface area contributed by atoms with Crippen LogP contribution < -0.4 is 0 Å². The summed E-state index contributed by atoms with van der Waals surface area (Å²) in [5, 5.41) is 0. The van der Waals surface area contributed by atoms with Gasteiger partial charge < -0.3 is 4.74 Å². The second kappa shape index (κ2) is 12.7. The molecule has 1 saturated heterocycles. The third-order valence-electron chi connectivity index (χ3n) is 4.68. The number of rotatable bonds is 15. The van der Waals surface area contributed by atoms with Crippen molar-refractivity contribution in [3.05, 3.63) is 0 Å². The van der Waals surface area contributed by atoms with Crippen LogP contribution in [0.5, 0.6) is 0 Å². The molecule has 2 unspecified atom stereocenters. The second-order valence-electron chi connectivity index (χ2n) is 6.76. The van der Waals surface area contributed by atoms with E-state index in [0.29, 0.717) is 12.2 Å². The van der Waals surface area contributed by atoms with Crippen LogP contribution in [0.2, 0.25) is 0 Å². The molecule has 1 fully saturated rings. The van der Waals surface area contributed by atoms with Crippen LogP contribution in [-0.2, 0) is 4.74 Å². The summed E-state index contributed by atoms with van der Waals surface area (Å²) < 4.78 is 5.43. The van der Waals surface area contributed by atoms with Gasteiger partial charge in [0.2, 0.25) is 0 Å². The Balaban J connectivity index is 1.62. The zero-order valence-electron chi connectivity index (χ0n) is 14.2. The van der Waals surface area contributed by atoms with E-state index in [-0.39, 0.29) is 0 Å². The van der Waals surface area contributed by atoms with Crippen LogP contribution in [0.1, 0.15) is 110 Å². The average molecular weight is 283 g/mol. The highest BCUT2D eigenvalue weighted by atomic mass is 16.6. The molecule has 0 aliphatic carbocycles. The lowest BCUT2D eigenvalue weighted by Crippen LogP contribution is -1.89. The maximum Gasteiger partial charge on any atom is 0.0839 e. The van der Waals surface area contributed by atoms with Crippen LogP contribution in [0.25, 0.3) is 0 Å². The molecule has 120 valence electrons. The van der Waals surface area contributed by atoms with E-state index in [2.05, 4.69) is 13.8 Å². The summed E-state index contributed by atoms with van der Waals surface area (Å²) in [7, 11) is 0. The van der Waals surface area contributed by atoms with Gasteiger partial charge in [-0.15, -0.1) is 0 Å². The predicted octanol–water partition coefficient (Wildman–Crippen LogP) is 6.65. The van der Waals surface area contributed by atoms with E-state index < -0.39 is 0 Å². The maximum atomic E-state index is 5.43. The average Bonchev–Trinajstić information content (AvgIpc) is 3.15. The molecule has 1 aliphatic heterocycles. The molecule has 0 spiro atoms. The van der Waals surface area contributed by atoms with Gasteiger partial charge in [-0.25, -0.2) is 0 Å². The maximum absolute atomic E-state index is 5.43. The molecule has 0 bridgehead atoms. The lowest BCUT2D eigenvalue weighted by Gasteiger charge is -2.03. The molecule has 0 N–H and O–H groups in total. The minimum absolute atomic E-state index is 0.567. The largest absolute Gasteiger partial charge is 0.370 e. The number of hydrogen-bond acceptors (Lipinski definition) is 1. The molecule has 20 heavy (non-hydrogen) atoms. The fourth-order valence-electron chi connectivity index (χ4n) is 3.07. The lowest BCUT2D eigenvalue weighted by atomic mass is 10.0. The minimum atomic E-state index is 0.567. The van der Waals surface area contributed by atoms with Crippen LogP contribution in [0.4, 0.5) is 0 Å². The van der Waals surface area contributed by atoms with Gasteiger partial charge >= 0.3 is 0 Å². The van der Waals surface area contributed by atoms with Crippen molar-refractivity contribution in [3.8, 4) is 0 Å². The first kappa shape index (κ1) is 18.0. The van der Waals surface area contributed by atoms with Crippen molar-refractivity contribution in [3.63, 3.8) is 0 Å². The molecule has 1 heterocycles. The first-order valence-electron chi connectivity index (χ1n) is 9.50. The predicted molar refractivity (Wildman–Crippen MR) is 89.3 cm³/mol. The monoisotopic (exact) mass is 282 g/mol. The van der Waals surface area contributed by atoms with Crippen molar-refractivity contribution in [2.45, 2.75) is 122 Å². The molecule has 0 aromatic carbocycles. The zero-order chi connectivity index (χ0) is 14.5. The molecule has 1 heteroatoms. The van der Waals surface area contributed by atoms with Crippen molar-refractivity contribution in [2.75, 3.05) is 0 Å². The van der Waals surface area contributed by atoms with Crippen molar-refractivity contribution >= 4 is 0 Å². The Kier molecular flexibility index (Phi) is 11.4. The van der Waals surface area contributed by atoms with Gasteiger partial charge in [0.15, 0.2) is 0 Å². The molecule has 2 atom stereocenters. The highest BCUT2D eigenvalue weighted by molar-refractivity contribution is 4.79. The molecule has 0 radical (unpaired) electrons. The summed E-state index contributed by atoms with van der Waals surface area (Å²) in [6.45, 7) is 4.48. The van der Waals surface area contributed by atoms with Gasteiger partial charge in [-0.05, 0) is 13.3 Å². The molecule has 0 saturated carbocycles. The Morgan fingerprint density at radius 1 is 0.600 bits per heavy atom. The van der Waals surface area contributed by atoms with Gasteiger partial charge in [-0.2, -0.15) is 0 Å². The van der Waals surface area contributed by atoms with Crippen molar-refractivity contribution < 1.29 is 4.74 Å². The lowest BCUT2D eigenvalue weighted by molar-refractivity contribution is 0.364. The number of ether oxygens (including phenoxy) is 1. The highest BCUT2D eigenvalue weighted by Gasteiger charge is 2.32. The second-order valence-corrected chi connectivity index (χ2v) is 6.76. The molecule has 1 nitrogen and oxygen atoms in total. The Hall–Kier alpha value is -0.0400. The zero-order valence-corrected chi connectivity index (χ0v) is 14.2. The SMILES string of the molecule is CCCCCCCCCCCCCCCCC1OC1C. The van der Waals surface area contributed by atoms with Gasteiger partial charge in [0.25, 0.3) is 0 Å². The summed E-state index contributed by atoms with van der Waals surface area (Å²) in [4.78, 5) is 0. The van der Waals surface area contributed by atoms with E-state index in [1.54, 1.807) is 0 Å². The van der Waals surface area contributed by atoms with E-state index in [4.69, 9.17) is 4.74 Å². The van der Waals surface area contributed by atoms with Gasteiger partial charge in [0, 0.05) is 0 Å². The summed E-state index contributed by atoms with van der Waals surface area (Å²) in [6, 6.07) is 0. The minimum Gasteiger partial charge on any atom is -0.370 e. The topological polar surface area (TPSA) is 12.5 Å². The summed E-state index contributed by atoms with van der Waals surface area (Å²) in [6.07, 6.45) is 22.8. The van der Waals surface area contributed by atoms with Crippen LogP contribution in [-0.4, -0.2) is 12.2 Å². The van der Waals surface area contributed by atoms with Crippen molar-refractivity contribution in [1.82, 2.24) is 0 Å². The third-order valence-corrected chi connectivity index (χ3v) is 4.68. The number of hydrogen-bond donors (Lipinski definition) is 0. The Bertz CT molecular complexity index is 202. The molecule has 0 aromatic heterocycles. The molecule has 1 rings (SSSR count). The summed E-state index contributed by atoms with van der Waals surface area (Å²) >= 11 is 0. The van der Waals surface area contributed by atoms with Gasteiger partial charge in [0.1, 0.15) is 0 Å². The van der Waals surface area contributed by atoms with Gasteiger partial charge in [0.05, 0.1) is 12.2 Å². The van der Waals surface area contributed by atoms with Gasteiger partial charge in [-0.1, -0.05) is 96.8 Å². The van der Waals surface area contributed by atoms with E-state index >= 15 is 0 Å². The van der Waals surface area contributed by atoms with E-state index in [1.807, 2.05) is 0 Å². The highest BCUT2D eigenvalue weighted by Crippen LogP contribution is 2.26. The smallest absolute Gasteiger partial charge is 0.0839 e. The van der Waals surface area contributed by atoms with Gasteiger partial charge in [-0.3, -0.25) is 0 Å². The summed E-state index contributed by atoms with van der Waals surface area (Å²) in [5.41, 5.74) is 0. The number of epoxide rings is 1. The van der Waals surface area contributed by atoms with E-state index in [0.717, 1.165) is 0 Å². The fourth-order valence-corrected chi connectivity index (χ4v) is 3.07. The standard InChI is InChI=1S/C19H38O/c1-3-4-5-6-7-8-9-10-11-12-13-14-15-16-17-19-18(2)20-19/h18-19H,3-17H2,1-2H3. The molecule has 1 aliphatic rings. The van der Waals surface area contributed by atoms with Crippen LogP contribution >= 0.6 is 0 Å². The van der Waals surface area contributed by atoms with Crippen LogP contribution in [0, 0.1) is 0 Å². The molecular weight excluding hydrogens is 244 g/mol. The Labute approximate surface area is 127 Å². The Morgan fingerprint density at radius 3 is 1.30 bits per heavy atom. The van der Waals surface area contributed by atoms with Crippen molar-refractivity contribution in [1.29, 1.82) is 0 Å². The normalized spacial score (nSPS) is 21.3. The fraction of sp³-hybridized carbons (Fsp3) is 1.00. The number of unbranched alkanes of at least 4 members (excludes halogenated alkanes) is 13. The molecule has 0 aromatic rings.